The van der Waals surface area contributed by atoms with E-state index >= 15 is 0 Å². The van der Waals surface area contributed by atoms with Gasteiger partial charge in [-0.3, -0.25) is 9.59 Å². The highest BCUT2D eigenvalue weighted by Gasteiger charge is 2.22. The normalized spacial score (nSPS) is 24.5. The van der Waals surface area contributed by atoms with Crippen LogP contribution < -0.4 is 10.6 Å². The van der Waals surface area contributed by atoms with Gasteiger partial charge >= 0.3 is 0 Å². The van der Waals surface area contributed by atoms with Gasteiger partial charge in [0.1, 0.15) is 0 Å². The summed E-state index contributed by atoms with van der Waals surface area (Å²) in [5.74, 6) is 0.114. The van der Waals surface area contributed by atoms with Crippen molar-refractivity contribution in [3.05, 3.63) is 0 Å². The molecule has 5 heteroatoms. The van der Waals surface area contributed by atoms with Gasteiger partial charge in [-0.2, -0.15) is 0 Å². The number of rotatable bonds is 4. The average molecular weight is 241 g/mol. The van der Waals surface area contributed by atoms with Crippen LogP contribution in [0.4, 0.5) is 0 Å². The summed E-state index contributed by atoms with van der Waals surface area (Å²) in [5.41, 5.74) is 0. The number of carbonyl (C=O) groups is 2. The lowest BCUT2D eigenvalue weighted by atomic mass is 9.91. The molecule has 0 saturated heterocycles. The molecule has 0 aromatic carbocycles. The number of amides is 2. The van der Waals surface area contributed by atoms with E-state index in [1.54, 1.807) is 6.92 Å². The van der Waals surface area contributed by atoms with E-state index in [0.29, 0.717) is 6.54 Å². The number of nitrogens with zero attached hydrogens (tertiary/aromatic N) is 1. The second-order valence-corrected chi connectivity index (χ2v) is 5.05. The number of nitrogens with one attached hydrogen (secondary N) is 2. The Labute approximate surface area is 103 Å². The molecule has 0 aliphatic heterocycles. The number of hydrogen-bond acceptors (Lipinski definition) is 3. The van der Waals surface area contributed by atoms with Crippen LogP contribution in [0.15, 0.2) is 0 Å². The number of carbonyl (C=O) groups excluding carboxylic acids is 2. The summed E-state index contributed by atoms with van der Waals surface area (Å²) in [6.45, 7) is 1.98. The average Bonchev–Trinajstić information content (AvgIpc) is 2.18. The Kier molecular flexibility index (Phi) is 5.41. The van der Waals surface area contributed by atoms with Crippen LogP contribution in [0.2, 0.25) is 0 Å². The van der Waals surface area contributed by atoms with Gasteiger partial charge in [-0.25, -0.2) is 0 Å². The van der Waals surface area contributed by atoms with E-state index in [4.69, 9.17) is 0 Å². The van der Waals surface area contributed by atoms with Crippen LogP contribution in [0.3, 0.4) is 0 Å². The molecule has 0 spiro atoms. The van der Waals surface area contributed by atoms with Crippen molar-refractivity contribution in [3.63, 3.8) is 0 Å². The molecule has 0 aromatic rings. The largest absolute Gasteiger partial charge is 0.354 e. The molecule has 1 rings (SSSR count). The molecule has 2 amide bonds. The molecule has 0 aromatic heterocycles. The summed E-state index contributed by atoms with van der Waals surface area (Å²) in [6.07, 6.45) is 3.80. The van der Waals surface area contributed by atoms with E-state index in [9.17, 15) is 9.59 Å². The van der Waals surface area contributed by atoms with Gasteiger partial charge in [-0.1, -0.05) is 0 Å². The molecule has 0 heterocycles. The van der Waals surface area contributed by atoms with Crippen molar-refractivity contribution in [1.29, 1.82) is 0 Å². The first-order valence-corrected chi connectivity index (χ1v) is 6.18. The minimum atomic E-state index is 0.0325. The van der Waals surface area contributed by atoms with Crippen LogP contribution in [0.1, 0.15) is 32.6 Å². The van der Waals surface area contributed by atoms with Crippen molar-refractivity contribution in [2.24, 2.45) is 0 Å². The Balaban J connectivity index is 2.23. The SMILES string of the molecule is CC(=O)N[C@H]1CC[C@H](NC(=O)CN(C)C)CC1. The van der Waals surface area contributed by atoms with Crippen molar-refractivity contribution in [1.82, 2.24) is 15.5 Å². The van der Waals surface area contributed by atoms with Crippen LogP contribution in [0.25, 0.3) is 0 Å². The zero-order valence-corrected chi connectivity index (χ0v) is 11.0. The lowest BCUT2D eigenvalue weighted by Gasteiger charge is -2.29. The van der Waals surface area contributed by atoms with Gasteiger partial charge in [0.15, 0.2) is 0 Å². The van der Waals surface area contributed by atoms with E-state index in [0.717, 1.165) is 25.7 Å². The summed E-state index contributed by atoms with van der Waals surface area (Å²) in [6, 6.07) is 0.557. The lowest BCUT2D eigenvalue weighted by Crippen LogP contribution is -2.45. The Hall–Kier alpha value is -1.10. The first-order chi connectivity index (χ1) is 7.97. The maximum absolute atomic E-state index is 11.6. The summed E-state index contributed by atoms with van der Waals surface area (Å²) >= 11 is 0. The van der Waals surface area contributed by atoms with E-state index in [1.165, 1.54) is 0 Å². The molecule has 1 saturated carbocycles. The molecule has 2 N–H and O–H groups in total. The van der Waals surface area contributed by atoms with Gasteiger partial charge in [0.2, 0.25) is 11.8 Å². The molecule has 0 unspecified atom stereocenters. The molecular weight excluding hydrogens is 218 g/mol. The number of likely N-dealkylation sites (N-methyl/N-ethyl adjacent to an activating group) is 1. The third-order valence-corrected chi connectivity index (χ3v) is 2.96. The van der Waals surface area contributed by atoms with Crippen molar-refractivity contribution in [2.45, 2.75) is 44.7 Å². The van der Waals surface area contributed by atoms with Gasteiger partial charge < -0.3 is 15.5 Å². The molecule has 98 valence electrons. The van der Waals surface area contributed by atoms with E-state index in [-0.39, 0.29) is 23.9 Å². The highest BCUT2D eigenvalue weighted by molar-refractivity contribution is 5.78. The van der Waals surface area contributed by atoms with Crippen LogP contribution >= 0.6 is 0 Å². The first kappa shape index (κ1) is 14.0. The van der Waals surface area contributed by atoms with Gasteiger partial charge in [0.05, 0.1) is 6.54 Å². The fourth-order valence-corrected chi connectivity index (χ4v) is 2.23. The molecule has 5 nitrogen and oxygen atoms in total. The van der Waals surface area contributed by atoms with Crippen LogP contribution in [-0.4, -0.2) is 49.4 Å². The van der Waals surface area contributed by atoms with Crippen molar-refractivity contribution in [3.8, 4) is 0 Å². The molecule has 0 radical (unpaired) electrons. The van der Waals surface area contributed by atoms with Crippen molar-refractivity contribution in [2.75, 3.05) is 20.6 Å². The quantitative estimate of drug-likeness (QED) is 0.734. The summed E-state index contributed by atoms with van der Waals surface area (Å²) in [7, 11) is 3.76. The second kappa shape index (κ2) is 6.59. The molecule has 0 bridgehead atoms. The molecule has 1 aliphatic carbocycles. The standard InChI is InChI=1S/C12H23N3O2/c1-9(16)13-10-4-6-11(7-5-10)14-12(17)8-15(2)3/h10-11H,4-8H2,1-3H3,(H,13,16)(H,14,17)/t10-,11-. The predicted octanol–water partition coefficient (Wildman–Crippen LogP) is 0.112. The minimum Gasteiger partial charge on any atom is -0.354 e. The van der Waals surface area contributed by atoms with Gasteiger partial charge in [-0.15, -0.1) is 0 Å². The molecule has 0 atom stereocenters. The Bertz CT molecular complexity index is 271. The van der Waals surface area contributed by atoms with Crippen LogP contribution in [0.5, 0.6) is 0 Å². The Morgan fingerprint density at radius 2 is 1.53 bits per heavy atom. The smallest absolute Gasteiger partial charge is 0.234 e. The molecule has 1 fully saturated rings. The zero-order chi connectivity index (χ0) is 12.8. The summed E-state index contributed by atoms with van der Waals surface area (Å²) < 4.78 is 0. The lowest BCUT2D eigenvalue weighted by molar-refractivity contribution is -0.123. The molecule has 1 aliphatic rings. The van der Waals surface area contributed by atoms with Crippen LogP contribution in [0, 0.1) is 0 Å². The fraction of sp³-hybridized carbons (Fsp3) is 0.833. The topological polar surface area (TPSA) is 61.4 Å². The van der Waals surface area contributed by atoms with Gasteiger partial charge in [0, 0.05) is 19.0 Å². The molecule has 17 heavy (non-hydrogen) atoms. The van der Waals surface area contributed by atoms with Gasteiger partial charge in [-0.05, 0) is 39.8 Å². The Morgan fingerprint density at radius 3 is 1.94 bits per heavy atom. The van der Waals surface area contributed by atoms with E-state index in [1.807, 2.05) is 19.0 Å². The van der Waals surface area contributed by atoms with Crippen LogP contribution in [-0.2, 0) is 9.59 Å². The third-order valence-electron chi connectivity index (χ3n) is 2.96. The maximum atomic E-state index is 11.6. The summed E-state index contributed by atoms with van der Waals surface area (Å²) in [5, 5.41) is 5.96. The third kappa shape index (κ3) is 5.68. The zero-order valence-electron chi connectivity index (χ0n) is 11.0. The highest BCUT2D eigenvalue weighted by atomic mass is 16.2. The monoisotopic (exact) mass is 241 g/mol. The number of hydrogen-bond donors (Lipinski definition) is 2. The van der Waals surface area contributed by atoms with Crippen molar-refractivity contribution < 1.29 is 9.59 Å². The molecular formula is C12H23N3O2. The van der Waals surface area contributed by atoms with Crippen molar-refractivity contribution >= 4 is 11.8 Å². The van der Waals surface area contributed by atoms with E-state index in [2.05, 4.69) is 10.6 Å². The second-order valence-electron chi connectivity index (χ2n) is 5.05. The van der Waals surface area contributed by atoms with E-state index < -0.39 is 0 Å². The van der Waals surface area contributed by atoms with Gasteiger partial charge in [0.25, 0.3) is 0 Å². The first-order valence-electron chi connectivity index (χ1n) is 6.18. The summed E-state index contributed by atoms with van der Waals surface area (Å²) in [4.78, 5) is 24.3. The predicted molar refractivity (Wildman–Crippen MR) is 66.6 cm³/mol. The minimum absolute atomic E-state index is 0.0325. The highest BCUT2D eigenvalue weighted by Crippen LogP contribution is 2.18. The Morgan fingerprint density at radius 1 is 1.06 bits per heavy atom. The fourth-order valence-electron chi connectivity index (χ4n) is 2.23. The maximum Gasteiger partial charge on any atom is 0.234 e.